The molecule has 0 radical (unpaired) electrons. The highest BCUT2D eigenvalue weighted by Gasteiger charge is 2.16. The third-order valence-corrected chi connectivity index (χ3v) is 9.13. The van der Waals surface area contributed by atoms with Crippen molar-refractivity contribution in [2.45, 2.75) is 27.7 Å². The first-order chi connectivity index (χ1) is 18.5. The molecule has 0 fully saturated rings. The van der Waals surface area contributed by atoms with Gasteiger partial charge in [0.05, 0.1) is 0 Å². The van der Waals surface area contributed by atoms with Crippen LogP contribution in [-0.2, 0) is 54.5 Å². The Morgan fingerprint density at radius 3 is 0.810 bits per heavy atom. The Kier molecular flexibility index (Phi) is 43.8. The van der Waals surface area contributed by atoms with Gasteiger partial charge in [-0.1, -0.05) is 26.8 Å². The zero-order valence-corrected chi connectivity index (χ0v) is 32.0. The summed E-state index contributed by atoms with van der Waals surface area (Å²) in [5.74, 6) is 0. The molecular formula is C18H54O18P6. The third-order valence-electron chi connectivity index (χ3n) is 3.04. The van der Waals surface area contributed by atoms with Crippen LogP contribution in [0.15, 0.2) is 12.7 Å². The molecule has 6 N–H and O–H groups in total. The summed E-state index contributed by atoms with van der Waals surface area (Å²) in [6, 6.07) is 0. The first-order valence-electron chi connectivity index (χ1n) is 11.2. The summed E-state index contributed by atoms with van der Waals surface area (Å²) in [6.07, 6.45) is 2.30. The molecule has 0 aromatic rings. The molecule has 0 saturated carbocycles. The topological polar surface area (TPSA) is 279 Å². The minimum absolute atomic E-state index is 0.0625. The van der Waals surface area contributed by atoms with Gasteiger partial charge in [-0.05, 0) is 6.92 Å². The summed E-state index contributed by atoms with van der Waals surface area (Å²) in [5.41, 5.74) is 0. The Bertz CT molecular complexity index is 804. The van der Waals surface area contributed by atoms with Crippen LogP contribution < -0.4 is 0 Å². The van der Waals surface area contributed by atoms with E-state index in [1.165, 1.54) is 56.2 Å². The monoisotopic (exact) mass is 744 g/mol. The van der Waals surface area contributed by atoms with Gasteiger partial charge in [0.2, 0.25) is 0 Å². The van der Waals surface area contributed by atoms with Crippen molar-refractivity contribution in [1.82, 2.24) is 0 Å². The Hall–Kier alpha value is 0.640. The molecule has 0 rings (SSSR count). The molecule has 264 valence electrons. The van der Waals surface area contributed by atoms with Crippen LogP contribution in [0.4, 0.5) is 0 Å². The predicted octanol–water partition coefficient (Wildman–Crippen LogP) is 5.05. The van der Waals surface area contributed by atoms with Gasteiger partial charge in [0.1, 0.15) is 0 Å². The van der Waals surface area contributed by atoms with E-state index < -0.39 is 45.6 Å². The lowest BCUT2D eigenvalue weighted by Crippen LogP contribution is -1.89. The van der Waals surface area contributed by atoms with Crippen molar-refractivity contribution >= 4 is 45.6 Å². The van der Waals surface area contributed by atoms with Gasteiger partial charge in [-0.3, -0.25) is 27.4 Å². The van der Waals surface area contributed by atoms with E-state index in [1.54, 1.807) is 19.9 Å². The minimum atomic E-state index is -3.65. The fourth-order valence-electron chi connectivity index (χ4n) is 0.536. The zero-order valence-electron chi connectivity index (χ0n) is 26.7. The van der Waals surface area contributed by atoms with Crippen LogP contribution in [0.1, 0.15) is 27.7 Å². The van der Waals surface area contributed by atoms with Crippen LogP contribution >= 0.6 is 45.6 Å². The number of hydrogen-bond donors (Lipinski definition) is 6. The smallest absolute Gasteiger partial charge is 0.325 e. The van der Waals surface area contributed by atoms with Gasteiger partial charge in [0.25, 0.3) is 0 Å². The van der Waals surface area contributed by atoms with Crippen LogP contribution in [0.3, 0.4) is 0 Å². The van der Waals surface area contributed by atoms with Gasteiger partial charge in [0.15, 0.2) is 0 Å². The highest BCUT2D eigenvalue weighted by Crippen LogP contribution is 2.45. The maximum absolute atomic E-state index is 10.9. The largest absolute Gasteiger partial charge is 0.329 e. The molecule has 0 amide bonds. The Labute approximate surface area is 251 Å². The molecule has 0 aliphatic heterocycles. The third kappa shape index (κ3) is 83.6. The van der Waals surface area contributed by atoms with Crippen molar-refractivity contribution in [3.05, 3.63) is 12.7 Å². The summed E-state index contributed by atoms with van der Waals surface area (Å²) in [6.45, 7) is 13.5. The summed E-state index contributed by atoms with van der Waals surface area (Å²) in [5, 5.41) is 0. The Morgan fingerprint density at radius 2 is 0.810 bits per heavy atom. The van der Waals surface area contributed by atoms with E-state index in [0.29, 0.717) is 6.16 Å². The van der Waals surface area contributed by atoms with Gasteiger partial charge in [-0.2, -0.15) is 0 Å². The summed E-state index contributed by atoms with van der Waals surface area (Å²) >= 11 is 0. The van der Waals surface area contributed by atoms with Crippen molar-refractivity contribution in [3.8, 4) is 0 Å². The maximum atomic E-state index is 10.9. The molecule has 0 aliphatic carbocycles. The van der Waals surface area contributed by atoms with E-state index >= 15 is 0 Å². The minimum Gasteiger partial charge on any atom is -0.325 e. The maximum Gasteiger partial charge on any atom is 0.329 e. The molecule has 0 saturated heterocycles. The molecule has 0 bridgehead atoms. The Balaban J connectivity index is -0.0000000690. The molecular weight excluding hydrogens is 690 g/mol. The predicted molar refractivity (Wildman–Crippen MR) is 166 cm³/mol. The van der Waals surface area contributed by atoms with Crippen molar-refractivity contribution in [1.29, 1.82) is 0 Å². The fraction of sp³-hybridized carbons (Fsp3) is 0.889. The van der Waals surface area contributed by atoms with Crippen LogP contribution in [0, 0.1) is 0 Å². The fourth-order valence-corrected chi connectivity index (χ4v) is 1.61. The highest BCUT2D eigenvalue weighted by atomic mass is 31.2. The molecule has 2 atom stereocenters. The van der Waals surface area contributed by atoms with Gasteiger partial charge < -0.3 is 56.5 Å². The lowest BCUT2D eigenvalue weighted by Gasteiger charge is -2.08. The lowest BCUT2D eigenvalue weighted by atomic mass is 10.8. The average Bonchev–Trinajstić information content (AvgIpc) is 2.88. The standard InChI is InChI=1S/C4H11O3P.2C3H9O3P.C3H6.2C2H7O3P.CH5O3P/c1-4-8(5,6-2)7-3;1-5-7(3,4)6-2;1-3-7(4,5)6-2;1-3-2;1-5-6(2,3)4;1-2-6(3,4)5;1-5(2,3)4/h4H2,1-3H3;1-3H3;3H2,1-2H3,(H,4,5);3H,1H2,2H3;1-2H3,(H,3,4);2H2,1H3,(H2,3,4,5);1H3,(H2,2,3,4). The van der Waals surface area contributed by atoms with Crippen molar-refractivity contribution < 1.29 is 83.9 Å². The zero-order chi connectivity index (χ0) is 36.1. The van der Waals surface area contributed by atoms with E-state index in [1.807, 2.05) is 6.92 Å². The van der Waals surface area contributed by atoms with E-state index in [2.05, 4.69) is 33.7 Å². The molecule has 24 heteroatoms. The quantitative estimate of drug-likeness (QED) is 0.133. The molecule has 42 heavy (non-hydrogen) atoms. The SMILES string of the molecule is C=CC.CCP(=O)(O)O.CCP(=O)(O)OC.CCP(=O)(OC)OC.COP(C)(=O)O.COP(C)(=O)OC.CP(=O)(O)O. The second kappa shape index (κ2) is 31.6. The number of allylic oxidation sites excluding steroid dienone is 1. The van der Waals surface area contributed by atoms with Gasteiger partial charge in [-0.15, -0.1) is 6.58 Å². The molecule has 0 spiro atoms. The van der Waals surface area contributed by atoms with Crippen LogP contribution in [0.2, 0.25) is 0 Å². The molecule has 18 nitrogen and oxygen atoms in total. The molecule has 0 aromatic heterocycles. The second-order valence-corrected chi connectivity index (χ2v) is 19.5. The first kappa shape index (κ1) is 58.2. The van der Waals surface area contributed by atoms with E-state index in [0.717, 1.165) is 13.3 Å². The van der Waals surface area contributed by atoms with Crippen LogP contribution in [0.5, 0.6) is 0 Å². The number of hydrogen-bond acceptors (Lipinski definition) is 12. The van der Waals surface area contributed by atoms with Gasteiger partial charge in [-0.25, -0.2) is 0 Å². The first-order valence-corrected chi connectivity index (χ1v) is 22.6. The van der Waals surface area contributed by atoms with Crippen LogP contribution in [0.25, 0.3) is 0 Å². The van der Waals surface area contributed by atoms with Crippen molar-refractivity contribution in [2.24, 2.45) is 0 Å². The molecule has 0 aromatic carbocycles. The second-order valence-electron chi connectivity index (χ2n) is 6.78. The van der Waals surface area contributed by atoms with E-state index in [4.69, 9.17) is 29.4 Å². The average molecular weight is 744 g/mol. The van der Waals surface area contributed by atoms with Crippen molar-refractivity contribution in [3.63, 3.8) is 0 Å². The lowest BCUT2D eigenvalue weighted by molar-refractivity contribution is 0.277. The molecule has 0 heterocycles. The van der Waals surface area contributed by atoms with Gasteiger partial charge in [0, 0.05) is 81.1 Å². The van der Waals surface area contributed by atoms with E-state index in [9.17, 15) is 27.4 Å². The summed E-state index contributed by atoms with van der Waals surface area (Å²) in [4.78, 5) is 47.8. The van der Waals surface area contributed by atoms with Crippen molar-refractivity contribution in [2.75, 3.05) is 81.1 Å². The molecule has 2 unspecified atom stereocenters. The van der Waals surface area contributed by atoms with Gasteiger partial charge >= 0.3 is 45.6 Å². The normalized spacial score (nSPS) is 13.6. The Morgan fingerprint density at radius 1 is 0.571 bits per heavy atom. The summed E-state index contributed by atoms with van der Waals surface area (Å²) < 4.78 is 86.8. The summed E-state index contributed by atoms with van der Waals surface area (Å²) in [7, 11) is -11.0. The van der Waals surface area contributed by atoms with Crippen LogP contribution in [-0.4, -0.2) is 110 Å². The molecule has 0 aliphatic rings. The van der Waals surface area contributed by atoms with E-state index in [-0.39, 0.29) is 12.3 Å². The highest BCUT2D eigenvalue weighted by molar-refractivity contribution is 7.54. The number of rotatable bonds is 9.